The Balaban J connectivity index is 1.97. The summed E-state index contributed by atoms with van der Waals surface area (Å²) < 4.78 is 10.4. The van der Waals surface area contributed by atoms with Gasteiger partial charge in [-0.05, 0) is 43.3 Å². The van der Waals surface area contributed by atoms with Crippen molar-refractivity contribution in [3.05, 3.63) is 34.9 Å². The second-order valence-electron chi connectivity index (χ2n) is 6.28. The fourth-order valence-corrected chi connectivity index (χ4v) is 4.05. The third-order valence-electron chi connectivity index (χ3n) is 4.22. The molecule has 0 unspecified atom stereocenters. The summed E-state index contributed by atoms with van der Waals surface area (Å²) in [5.41, 5.74) is 4.83. The van der Waals surface area contributed by atoms with E-state index in [1.165, 1.54) is 22.1 Å². The minimum Gasteiger partial charge on any atom is -0.383 e. The van der Waals surface area contributed by atoms with Gasteiger partial charge in [-0.1, -0.05) is 11.6 Å². The van der Waals surface area contributed by atoms with Crippen molar-refractivity contribution in [2.75, 3.05) is 40.5 Å². The lowest BCUT2D eigenvalue weighted by Gasteiger charge is -2.30. The maximum absolute atomic E-state index is 5.26. The van der Waals surface area contributed by atoms with Crippen molar-refractivity contribution < 1.29 is 9.47 Å². The van der Waals surface area contributed by atoms with Gasteiger partial charge in [-0.15, -0.1) is 0 Å². The summed E-state index contributed by atoms with van der Waals surface area (Å²) in [6, 6.07) is 6.67. The van der Waals surface area contributed by atoms with Crippen molar-refractivity contribution in [1.82, 2.24) is 9.88 Å². The van der Waals surface area contributed by atoms with Crippen molar-refractivity contribution in [3.63, 3.8) is 0 Å². The first kappa shape index (κ1) is 18.2. The molecule has 0 radical (unpaired) electrons. The topological polar surface area (TPSA) is 47.0 Å². The molecule has 1 aliphatic rings. The molecule has 1 aliphatic heterocycles. The molecule has 0 saturated heterocycles. The molecule has 1 aromatic heterocycles. The van der Waals surface area contributed by atoms with Gasteiger partial charge in [0.1, 0.15) is 5.03 Å². The number of aromatic nitrogens is 1. The molecule has 0 N–H and O–H groups in total. The normalized spacial score (nSPS) is 15.8. The van der Waals surface area contributed by atoms with Gasteiger partial charge in [-0.2, -0.15) is 0 Å². The molecule has 25 heavy (non-hydrogen) atoms. The van der Waals surface area contributed by atoms with Crippen LogP contribution in [-0.2, 0) is 16.0 Å². The first-order chi connectivity index (χ1) is 12.1. The Morgan fingerprint density at radius 2 is 1.96 bits per heavy atom. The Hall–Kier alpha value is -1.63. The molecule has 0 saturated carbocycles. The number of amidine groups is 1. The Bertz CT molecular complexity index is 792. The van der Waals surface area contributed by atoms with E-state index in [-0.39, 0.29) is 0 Å². The molecule has 1 aromatic carbocycles. The average molecular weight is 359 g/mol. The van der Waals surface area contributed by atoms with Gasteiger partial charge in [0.2, 0.25) is 0 Å². The highest BCUT2D eigenvalue weighted by Gasteiger charge is 2.24. The lowest BCUT2D eigenvalue weighted by atomic mass is 10.1. The molecule has 0 amide bonds. The van der Waals surface area contributed by atoms with Crippen LogP contribution in [0, 0.1) is 13.8 Å². The first-order valence-electron chi connectivity index (χ1n) is 8.48. The number of hydrogen-bond donors (Lipinski definition) is 0. The number of thioether (sulfide) groups is 1. The van der Waals surface area contributed by atoms with Gasteiger partial charge < -0.3 is 14.4 Å². The van der Waals surface area contributed by atoms with E-state index < -0.39 is 0 Å². The predicted octanol–water partition coefficient (Wildman–Crippen LogP) is 3.41. The number of pyridine rings is 1. The summed E-state index contributed by atoms with van der Waals surface area (Å²) in [4.78, 5) is 11.9. The van der Waals surface area contributed by atoms with E-state index in [1.807, 2.05) is 0 Å². The number of hydrogen-bond acceptors (Lipinski definition) is 5. The Morgan fingerprint density at radius 1 is 1.16 bits per heavy atom. The van der Waals surface area contributed by atoms with Gasteiger partial charge in [-0.25, -0.2) is 4.98 Å². The van der Waals surface area contributed by atoms with Crippen molar-refractivity contribution in [1.29, 1.82) is 0 Å². The van der Waals surface area contributed by atoms with Crippen LogP contribution >= 0.6 is 11.8 Å². The lowest BCUT2D eigenvalue weighted by molar-refractivity contribution is 0.174. The van der Waals surface area contributed by atoms with Crippen molar-refractivity contribution in [3.8, 4) is 0 Å². The van der Waals surface area contributed by atoms with E-state index in [0.717, 1.165) is 28.8 Å². The standard InChI is InChI=1S/C19H25N3O2S/c1-13-9-14(2)17-15(10-13)11-16-12-22(6-8-24-4)19(20-5-7-23-3)25-18(16)21-17/h9-11H,5-8,12H2,1-4H3. The highest BCUT2D eigenvalue weighted by Crippen LogP contribution is 2.34. The van der Waals surface area contributed by atoms with Gasteiger partial charge in [0.05, 0.1) is 25.3 Å². The smallest absolute Gasteiger partial charge is 0.166 e. The number of ether oxygens (including phenoxy) is 2. The molecular formula is C19H25N3O2S. The number of aliphatic imine (C=N–C) groups is 1. The van der Waals surface area contributed by atoms with Gasteiger partial charge in [-0.3, -0.25) is 4.99 Å². The highest BCUT2D eigenvalue weighted by molar-refractivity contribution is 8.13. The summed E-state index contributed by atoms with van der Waals surface area (Å²) in [7, 11) is 3.43. The zero-order valence-corrected chi connectivity index (χ0v) is 16.2. The Kier molecular flexibility index (Phi) is 5.93. The molecule has 0 atom stereocenters. The molecule has 134 valence electrons. The maximum Gasteiger partial charge on any atom is 0.166 e. The molecular weight excluding hydrogens is 334 g/mol. The maximum atomic E-state index is 5.26. The van der Waals surface area contributed by atoms with E-state index in [9.17, 15) is 0 Å². The molecule has 0 bridgehead atoms. The SMILES string of the molecule is COCCN=C1Sc2nc3c(C)cc(C)cc3cc2CN1CCOC. The van der Waals surface area contributed by atoms with Crippen LogP contribution in [0.4, 0.5) is 0 Å². The fourth-order valence-electron chi connectivity index (χ4n) is 3.05. The summed E-state index contributed by atoms with van der Waals surface area (Å²) in [5, 5.41) is 3.27. The molecule has 0 aliphatic carbocycles. The van der Waals surface area contributed by atoms with Gasteiger partial charge in [0.25, 0.3) is 0 Å². The summed E-state index contributed by atoms with van der Waals surface area (Å²) >= 11 is 1.65. The molecule has 6 heteroatoms. The second kappa shape index (κ2) is 8.17. The molecule has 0 fully saturated rings. The summed E-state index contributed by atoms with van der Waals surface area (Å²) in [5.74, 6) is 0. The van der Waals surface area contributed by atoms with Gasteiger partial charge >= 0.3 is 0 Å². The molecule has 2 heterocycles. The van der Waals surface area contributed by atoms with Crippen molar-refractivity contribution in [2.45, 2.75) is 25.4 Å². The summed E-state index contributed by atoms with van der Waals surface area (Å²) in [6.07, 6.45) is 0. The zero-order chi connectivity index (χ0) is 17.8. The second-order valence-corrected chi connectivity index (χ2v) is 7.24. The first-order valence-corrected chi connectivity index (χ1v) is 9.30. The quantitative estimate of drug-likeness (QED) is 0.740. The third-order valence-corrected chi connectivity index (χ3v) is 5.34. The van der Waals surface area contributed by atoms with Gasteiger partial charge in [0, 0.05) is 38.3 Å². The van der Waals surface area contributed by atoms with E-state index in [1.54, 1.807) is 26.0 Å². The van der Waals surface area contributed by atoms with Crippen molar-refractivity contribution >= 4 is 27.8 Å². The average Bonchev–Trinajstić information content (AvgIpc) is 2.58. The van der Waals surface area contributed by atoms with Crippen LogP contribution < -0.4 is 0 Å². The van der Waals surface area contributed by atoms with Crippen LogP contribution in [0.25, 0.3) is 10.9 Å². The number of fused-ring (bicyclic) bond motifs is 2. The number of rotatable bonds is 6. The van der Waals surface area contributed by atoms with E-state index in [2.05, 4.69) is 36.9 Å². The largest absolute Gasteiger partial charge is 0.383 e. The van der Waals surface area contributed by atoms with Crippen molar-refractivity contribution in [2.24, 2.45) is 4.99 Å². The third kappa shape index (κ3) is 4.14. The summed E-state index contributed by atoms with van der Waals surface area (Å²) in [6.45, 7) is 7.85. The van der Waals surface area contributed by atoms with Crippen LogP contribution in [0.15, 0.2) is 28.2 Å². The lowest BCUT2D eigenvalue weighted by Crippen LogP contribution is -2.35. The highest BCUT2D eigenvalue weighted by atomic mass is 32.2. The Labute approximate surface area is 153 Å². The molecule has 0 spiro atoms. The predicted molar refractivity (Wildman–Crippen MR) is 104 cm³/mol. The van der Waals surface area contributed by atoms with E-state index in [4.69, 9.17) is 19.5 Å². The molecule has 3 rings (SSSR count). The van der Waals surface area contributed by atoms with Crippen LogP contribution in [-0.4, -0.2) is 55.6 Å². The van der Waals surface area contributed by atoms with Gasteiger partial charge in [0.15, 0.2) is 5.17 Å². The Morgan fingerprint density at radius 3 is 2.72 bits per heavy atom. The monoisotopic (exact) mass is 359 g/mol. The van der Waals surface area contributed by atoms with Crippen LogP contribution in [0.3, 0.4) is 0 Å². The zero-order valence-electron chi connectivity index (χ0n) is 15.3. The van der Waals surface area contributed by atoms with E-state index in [0.29, 0.717) is 19.8 Å². The molecule has 5 nitrogen and oxygen atoms in total. The number of methoxy groups -OCH3 is 2. The fraction of sp³-hybridized carbons (Fsp3) is 0.474. The minimum atomic E-state index is 0.624. The number of benzene rings is 1. The minimum absolute atomic E-state index is 0.624. The van der Waals surface area contributed by atoms with Crippen LogP contribution in [0.2, 0.25) is 0 Å². The molecule has 2 aromatic rings. The van der Waals surface area contributed by atoms with E-state index >= 15 is 0 Å². The van der Waals surface area contributed by atoms with Crippen LogP contribution in [0.5, 0.6) is 0 Å². The van der Waals surface area contributed by atoms with Crippen LogP contribution in [0.1, 0.15) is 16.7 Å². The number of aryl methyl sites for hydroxylation is 2. The number of nitrogens with zero attached hydrogens (tertiary/aromatic N) is 3.